The molecule has 5 heteroatoms. The minimum absolute atomic E-state index is 0.142. The first-order valence-corrected chi connectivity index (χ1v) is 5.88. The summed E-state index contributed by atoms with van der Waals surface area (Å²) in [5.74, 6) is 2.02. The molecule has 2 amide bonds. The molecule has 1 unspecified atom stereocenters. The van der Waals surface area contributed by atoms with Crippen LogP contribution in [-0.4, -0.2) is 24.4 Å². The molecular formula is C14H17N3O2. The molecule has 1 aromatic carbocycles. The highest BCUT2D eigenvalue weighted by Gasteiger charge is 2.11. The molecule has 0 saturated heterocycles. The third-order valence-electron chi connectivity index (χ3n) is 2.32. The topological polar surface area (TPSA) is 70.2 Å². The Morgan fingerprint density at radius 3 is 2.68 bits per heavy atom. The van der Waals surface area contributed by atoms with Crippen LogP contribution in [0.15, 0.2) is 24.3 Å². The van der Waals surface area contributed by atoms with Gasteiger partial charge in [0.25, 0.3) is 0 Å². The highest BCUT2D eigenvalue weighted by molar-refractivity contribution is 5.89. The van der Waals surface area contributed by atoms with Gasteiger partial charge in [-0.15, -0.1) is 6.42 Å². The number of hydrogen-bond acceptors (Lipinski definition) is 3. The quantitative estimate of drug-likeness (QED) is 0.696. The summed E-state index contributed by atoms with van der Waals surface area (Å²) in [6, 6.07) is 6.72. The molecule has 0 saturated carbocycles. The first-order chi connectivity index (χ1) is 9.02. The SMILES string of the molecule is C#CCNC(=O)C(C)Nc1cccc(NC(C)=O)c1. The second kappa shape index (κ2) is 7.07. The van der Waals surface area contributed by atoms with Crippen LogP contribution in [0.5, 0.6) is 0 Å². The van der Waals surface area contributed by atoms with E-state index in [0.717, 1.165) is 5.69 Å². The molecule has 0 aromatic heterocycles. The van der Waals surface area contributed by atoms with E-state index in [2.05, 4.69) is 21.9 Å². The van der Waals surface area contributed by atoms with E-state index in [9.17, 15) is 9.59 Å². The van der Waals surface area contributed by atoms with Crippen LogP contribution in [0.25, 0.3) is 0 Å². The maximum Gasteiger partial charge on any atom is 0.242 e. The maximum absolute atomic E-state index is 11.6. The van der Waals surface area contributed by atoms with Gasteiger partial charge in [-0.05, 0) is 25.1 Å². The summed E-state index contributed by atoms with van der Waals surface area (Å²) in [6.07, 6.45) is 5.07. The van der Waals surface area contributed by atoms with Gasteiger partial charge in [-0.2, -0.15) is 0 Å². The monoisotopic (exact) mass is 259 g/mol. The van der Waals surface area contributed by atoms with E-state index in [1.807, 2.05) is 6.07 Å². The lowest BCUT2D eigenvalue weighted by Crippen LogP contribution is -2.37. The minimum atomic E-state index is -0.416. The summed E-state index contributed by atoms with van der Waals surface area (Å²) in [5, 5.41) is 8.30. The fourth-order valence-corrected chi connectivity index (χ4v) is 1.50. The van der Waals surface area contributed by atoms with Crippen molar-refractivity contribution in [2.45, 2.75) is 19.9 Å². The van der Waals surface area contributed by atoms with E-state index in [4.69, 9.17) is 6.42 Å². The second-order valence-electron chi connectivity index (χ2n) is 4.05. The van der Waals surface area contributed by atoms with Gasteiger partial charge in [0, 0.05) is 18.3 Å². The molecule has 0 bridgehead atoms. The Morgan fingerprint density at radius 1 is 1.37 bits per heavy atom. The number of carbonyl (C=O) groups is 2. The first kappa shape index (κ1) is 14.6. The van der Waals surface area contributed by atoms with Gasteiger partial charge in [0.2, 0.25) is 11.8 Å². The smallest absolute Gasteiger partial charge is 0.242 e. The van der Waals surface area contributed by atoms with Crippen molar-refractivity contribution in [1.29, 1.82) is 0 Å². The Bertz CT molecular complexity index is 506. The number of anilines is 2. The summed E-state index contributed by atoms with van der Waals surface area (Å²) in [5.41, 5.74) is 1.42. The van der Waals surface area contributed by atoms with Gasteiger partial charge in [-0.3, -0.25) is 9.59 Å². The largest absolute Gasteiger partial charge is 0.374 e. The van der Waals surface area contributed by atoms with Crippen LogP contribution in [0.4, 0.5) is 11.4 Å². The van der Waals surface area contributed by atoms with Crippen molar-refractivity contribution < 1.29 is 9.59 Å². The average molecular weight is 259 g/mol. The number of terminal acetylenes is 1. The van der Waals surface area contributed by atoms with Crippen molar-refractivity contribution in [3.8, 4) is 12.3 Å². The molecule has 1 aromatic rings. The third-order valence-corrected chi connectivity index (χ3v) is 2.32. The Kier molecular flexibility index (Phi) is 5.42. The lowest BCUT2D eigenvalue weighted by Gasteiger charge is -2.15. The number of benzene rings is 1. The lowest BCUT2D eigenvalue weighted by atomic mass is 10.2. The zero-order valence-corrected chi connectivity index (χ0v) is 11.0. The summed E-state index contributed by atoms with van der Waals surface area (Å²) >= 11 is 0. The third kappa shape index (κ3) is 5.13. The van der Waals surface area contributed by atoms with Gasteiger partial charge in [0.15, 0.2) is 0 Å². The molecule has 0 heterocycles. The van der Waals surface area contributed by atoms with Crippen LogP contribution < -0.4 is 16.0 Å². The zero-order chi connectivity index (χ0) is 14.3. The van der Waals surface area contributed by atoms with Gasteiger partial charge < -0.3 is 16.0 Å². The molecule has 0 fully saturated rings. The van der Waals surface area contributed by atoms with Crippen LogP contribution in [0.3, 0.4) is 0 Å². The number of amides is 2. The summed E-state index contributed by atoms with van der Waals surface area (Å²) in [7, 11) is 0. The molecule has 0 aliphatic carbocycles. The van der Waals surface area contributed by atoms with E-state index in [1.54, 1.807) is 25.1 Å². The highest BCUT2D eigenvalue weighted by atomic mass is 16.2. The van der Waals surface area contributed by atoms with Crippen LogP contribution >= 0.6 is 0 Å². The molecule has 0 spiro atoms. The molecular weight excluding hydrogens is 242 g/mol. The maximum atomic E-state index is 11.6. The van der Waals surface area contributed by atoms with Crippen LogP contribution in [-0.2, 0) is 9.59 Å². The van der Waals surface area contributed by atoms with E-state index in [1.165, 1.54) is 6.92 Å². The molecule has 1 atom stereocenters. The molecule has 19 heavy (non-hydrogen) atoms. The number of hydrogen-bond donors (Lipinski definition) is 3. The predicted octanol–water partition coefficient (Wildman–Crippen LogP) is 1.19. The van der Waals surface area contributed by atoms with Gasteiger partial charge in [-0.25, -0.2) is 0 Å². The fraction of sp³-hybridized carbons (Fsp3) is 0.286. The Balaban J connectivity index is 2.64. The average Bonchev–Trinajstić information content (AvgIpc) is 2.35. The molecule has 0 aliphatic rings. The van der Waals surface area contributed by atoms with Crippen LogP contribution in [0, 0.1) is 12.3 Å². The standard InChI is InChI=1S/C14H17N3O2/c1-4-8-15-14(19)10(2)16-12-6-5-7-13(9-12)17-11(3)18/h1,5-7,9-10,16H,8H2,2-3H3,(H,15,19)(H,17,18). The van der Waals surface area contributed by atoms with Gasteiger partial charge in [0.1, 0.15) is 6.04 Å². The van der Waals surface area contributed by atoms with Crippen molar-refractivity contribution in [3.05, 3.63) is 24.3 Å². The first-order valence-electron chi connectivity index (χ1n) is 5.88. The van der Waals surface area contributed by atoms with Gasteiger partial charge >= 0.3 is 0 Å². The fourth-order valence-electron chi connectivity index (χ4n) is 1.50. The predicted molar refractivity (Wildman–Crippen MR) is 75.7 cm³/mol. The van der Waals surface area contributed by atoms with E-state index < -0.39 is 6.04 Å². The summed E-state index contributed by atoms with van der Waals surface area (Å²) < 4.78 is 0. The Hall–Kier alpha value is -2.48. The number of nitrogens with one attached hydrogen (secondary N) is 3. The molecule has 100 valence electrons. The molecule has 5 nitrogen and oxygen atoms in total. The van der Waals surface area contributed by atoms with Crippen LogP contribution in [0.1, 0.15) is 13.8 Å². The van der Waals surface area contributed by atoms with Crippen molar-refractivity contribution in [3.63, 3.8) is 0 Å². The number of rotatable bonds is 5. The van der Waals surface area contributed by atoms with Gasteiger partial charge in [-0.1, -0.05) is 12.0 Å². The number of carbonyl (C=O) groups excluding carboxylic acids is 2. The van der Waals surface area contributed by atoms with Crippen molar-refractivity contribution in [1.82, 2.24) is 5.32 Å². The van der Waals surface area contributed by atoms with E-state index in [0.29, 0.717) is 5.69 Å². The van der Waals surface area contributed by atoms with Crippen LogP contribution in [0.2, 0.25) is 0 Å². The molecule has 0 radical (unpaired) electrons. The molecule has 3 N–H and O–H groups in total. The zero-order valence-electron chi connectivity index (χ0n) is 11.0. The van der Waals surface area contributed by atoms with Crippen molar-refractivity contribution in [2.24, 2.45) is 0 Å². The Morgan fingerprint density at radius 2 is 2.05 bits per heavy atom. The van der Waals surface area contributed by atoms with Gasteiger partial charge in [0.05, 0.1) is 6.54 Å². The van der Waals surface area contributed by atoms with Crippen molar-refractivity contribution in [2.75, 3.05) is 17.2 Å². The summed E-state index contributed by atoms with van der Waals surface area (Å²) in [6.45, 7) is 3.38. The van der Waals surface area contributed by atoms with Crippen molar-refractivity contribution >= 4 is 23.2 Å². The lowest BCUT2D eigenvalue weighted by molar-refractivity contribution is -0.121. The van der Waals surface area contributed by atoms with E-state index in [-0.39, 0.29) is 18.4 Å². The minimum Gasteiger partial charge on any atom is -0.374 e. The second-order valence-corrected chi connectivity index (χ2v) is 4.05. The molecule has 1 rings (SSSR count). The summed E-state index contributed by atoms with van der Waals surface area (Å²) in [4.78, 5) is 22.6. The normalized spacial score (nSPS) is 11.0. The van der Waals surface area contributed by atoms with E-state index >= 15 is 0 Å². The highest BCUT2D eigenvalue weighted by Crippen LogP contribution is 2.15. The molecule has 0 aliphatic heterocycles. The Labute approximate surface area is 112 Å².